The lowest BCUT2D eigenvalue weighted by Gasteiger charge is -2.04. The zero-order valence-corrected chi connectivity index (χ0v) is 12.0. The number of nitrogens with zero attached hydrogens (tertiary/aromatic N) is 1. The number of pyridine rings is 1. The van der Waals surface area contributed by atoms with Gasteiger partial charge in [0.05, 0.1) is 19.4 Å². The summed E-state index contributed by atoms with van der Waals surface area (Å²) in [7, 11) is 1.61. The van der Waals surface area contributed by atoms with Gasteiger partial charge < -0.3 is 14.5 Å². The highest BCUT2D eigenvalue weighted by Gasteiger charge is 2.01. The summed E-state index contributed by atoms with van der Waals surface area (Å²) < 4.78 is 10.7. The van der Waals surface area contributed by atoms with Gasteiger partial charge in [0.25, 0.3) is 0 Å². The Morgan fingerprint density at radius 3 is 2.74 bits per heavy atom. The first-order valence-corrected chi connectivity index (χ1v) is 7.47. The zero-order valence-electron chi connectivity index (χ0n) is 11.2. The van der Waals surface area contributed by atoms with Crippen LogP contribution in [0, 0.1) is 0 Å². The van der Waals surface area contributed by atoms with Crippen LogP contribution in [0.1, 0.15) is 17.1 Å². The molecule has 1 N–H and O–H groups in total. The normalized spacial score (nSPS) is 10.6. The van der Waals surface area contributed by atoms with E-state index in [9.17, 15) is 0 Å². The molecule has 2 rings (SSSR count). The number of ether oxygens (including phenoxy) is 1. The molecule has 5 heteroatoms. The monoisotopic (exact) mass is 278 g/mol. The van der Waals surface area contributed by atoms with Gasteiger partial charge in [-0.2, -0.15) is 11.8 Å². The van der Waals surface area contributed by atoms with Crippen molar-refractivity contribution in [1.29, 1.82) is 0 Å². The molecule has 2 aromatic heterocycles. The average molecular weight is 278 g/mol. The van der Waals surface area contributed by atoms with Crippen molar-refractivity contribution in [1.82, 2.24) is 10.3 Å². The van der Waals surface area contributed by atoms with Crippen LogP contribution in [0.4, 0.5) is 0 Å². The van der Waals surface area contributed by atoms with Crippen molar-refractivity contribution in [2.45, 2.75) is 18.8 Å². The molecule has 0 aliphatic heterocycles. The van der Waals surface area contributed by atoms with Crippen LogP contribution >= 0.6 is 11.8 Å². The third-order valence-electron chi connectivity index (χ3n) is 2.64. The first kappa shape index (κ1) is 14.0. The minimum Gasteiger partial charge on any atom is -0.481 e. The molecule has 0 radical (unpaired) electrons. The van der Waals surface area contributed by atoms with Crippen LogP contribution in [-0.4, -0.2) is 18.3 Å². The SMILES string of the molecule is COc1ccc(CNCc2ccc(CSC)o2)cn1. The van der Waals surface area contributed by atoms with Crippen LogP contribution < -0.4 is 10.1 Å². The summed E-state index contributed by atoms with van der Waals surface area (Å²) in [4.78, 5) is 4.16. The number of hydrogen-bond donors (Lipinski definition) is 1. The standard InChI is InChI=1S/C14H18N2O2S/c1-17-14-6-3-11(8-16-14)7-15-9-12-4-5-13(18-12)10-19-2/h3-6,8,15H,7,9-10H2,1-2H3. The summed E-state index contributed by atoms with van der Waals surface area (Å²) in [6.45, 7) is 1.48. The molecule has 2 heterocycles. The smallest absolute Gasteiger partial charge is 0.212 e. The van der Waals surface area contributed by atoms with E-state index in [1.807, 2.05) is 30.5 Å². The maximum absolute atomic E-state index is 5.68. The molecule has 0 spiro atoms. The molecule has 0 saturated carbocycles. The van der Waals surface area contributed by atoms with E-state index < -0.39 is 0 Å². The molecule has 0 amide bonds. The molecule has 4 nitrogen and oxygen atoms in total. The van der Waals surface area contributed by atoms with Crippen molar-refractivity contribution in [3.63, 3.8) is 0 Å². The third kappa shape index (κ3) is 4.29. The number of methoxy groups -OCH3 is 1. The lowest BCUT2D eigenvalue weighted by atomic mass is 10.3. The van der Waals surface area contributed by atoms with Crippen LogP contribution in [-0.2, 0) is 18.8 Å². The van der Waals surface area contributed by atoms with Gasteiger partial charge in [-0.15, -0.1) is 0 Å². The number of hydrogen-bond acceptors (Lipinski definition) is 5. The molecule has 0 fully saturated rings. The number of furan rings is 1. The largest absolute Gasteiger partial charge is 0.481 e. The van der Waals surface area contributed by atoms with Gasteiger partial charge in [0.2, 0.25) is 5.88 Å². The van der Waals surface area contributed by atoms with Crippen molar-refractivity contribution in [3.05, 3.63) is 47.5 Å². The molecule has 0 aliphatic carbocycles. The Balaban J connectivity index is 1.78. The maximum Gasteiger partial charge on any atom is 0.212 e. The van der Waals surface area contributed by atoms with Crippen molar-refractivity contribution < 1.29 is 9.15 Å². The second-order valence-corrected chi connectivity index (χ2v) is 4.98. The van der Waals surface area contributed by atoms with Crippen LogP contribution in [0.5, 0.6) is 5.88 Å². The molecular weight excluding hydrogens is 260 g/mol. The lowest BCUT2D eigenvalue weighted by molar-refractivity contribution is 0.397. The van der Waals surface area contributed by atoms with Gasteiger partial charge in [0.1, 0.15) is 11.5 Å². The molecule has 0 bridgehead atoms. The van der Waals surface area contributed by atoms with E-state index in [1.54, 1.807) is 18.9 Å². The third-order valence-corrected chi connectivity index (χ3v) is 3.21. The van der Waals surface area contributed by atoms with Crippen molar-refractivity contribution >= 4 is 11.8 Å². The van der Waals surface area contributed by atoms with Gasteiger partial charge in [0.15, 0.2) is 0 Å². The van der Waals surface area contributed by atoms with Crippen molar-refractivity contribution in [2.24, 2.45) is 0 Å². The summed E-state index contributed by atoms with van der Waals surface area (Å²) in [6, 6.07) is 7.91. The number of aromatic nitrogens is 1. The predicted octanol–water partition coefficient (Wildman–Crippen LogP) is 2.84. The molecule has 0 atom stereocenters. The summed E-state index contributed by atoms with van der Waals surface area (Å²) >= 11 is 1.76. The molecule has 19 heavy (non-hydrogen) atoms. The molecule has 102 valence electrons. The first-order valence-electron chi connectivity index (χ1n) is 6.08. The number of thioether (sulfide) groups is 1. The van der Waals surface area contributed by atoms with E-state index in [2.05, 4.69) is 16.6 Å². The van der Waals surface area contributed by atoms with E-state index >= 15 is 0 Å². The summed E-state index contributed by atoms with van der Waals surface area (Å²) in [5.41, 5.74) is 1.12. The number of nitrogens with one attached hydrogen (secondary N) is 1. The van der Waals surface area contributed by atoms with E-state index in [4.69, 9.17) is 9.15 Å². The molecular formula is C14H18N2O2S. The Labute approximate surface area is 117 Å². The topological polar surface area (TPSA) is 47.3 Å². The van der Waals surface area contributed by atoms with Gasteiger partial charge in [-0.25, -0.2) is 4.98 Å². The van der Waals surface area contributed by atoms with E-state index in [1.165, 1.54) is 0 Å². The minimum atomic E-state index is 0.636. The predicted molar refractivity (Wildman–Crippen MR) is 77.3 cm³/mol. The fourth-order valence-corrected chi connectivity index (χ4v) is 2.14. The Bertz CT molecular complexity index is 496. The second-order valence-electron chi connectivity index (χ2n) is 4.11. The van der Waals surface area contributed by atoms with Crippen LogP contribution in [0.2, 0.25) is 0 Å². The molecule has 2 aromatic rings. The van der Waals surface area contributed by atoms with Gasteiger partial charge >= 0.3 is 0 Å². The van der Waals surface area contributed by atoms with E-state index in [0.717, 1.165) is 35.9 Å². The Morgan fingerprint density at radius 1 is 1.21 bits per heavy atom. The van der Waals surface area contributed by atoms with Crippen LogP contribution in [0.3, 0.4) is 0 Å². The van der Waals surface area contributed by atoms with Gasteiger partial charge in [-0.05, 0) is 24.0 Å². The Kier molecular flexibility index (Phi) is 5.30. The summed E-state index contributed by atoms with van der Waals surface area (Å²) in [5, 5.41) is 3.33. The Hall–Kier alpha value is -1.46. The maximum atomic E-state index is 5.68. The van der Waals surface area contributed by atoms with Crippen molar-refractivity contribution in [2.75, 3.05) is 13.4 Å². The van der Waals surface area contributed by atoms with Crippen LogP contribution in [0.25, 0.3) is 0 Å². The fraction of sp³-hybridized carbons (Fsp3) is 0.357. The molecule has 0 unspecified atom stereocenters. The highest BCUT2D eigenvalue weighted by molar-refractivity contribution is 7.97. The highest BCUT2D eigenvalue weighted by atomic mass is 32.2. The van der Waals surface area contributed by atoms with Crippen molar-refractivity contribution in [3.8, 4) is 5.88 Å². The minimum absolute atomic E-state index is 0.636. The molecule has 0 aliphatic rings. The van der Waals surface area contributed by atoms with Gasteiger partial charge in [0, 0.05) is 18.8 Å². The molecule has 0 saturated heterocycles. The quantitative estimate of drug-likeness (QED) is 0.844. The van der Waals surface area contributed by atoms with Crippen LogP contribution in [0.15, 0.2) is 34.9 Å². The average Bonchev–Trinajstić information content (AvgIpc) is 2.88. The Morgan fingerprint density at radius 2 is 2.05 bits per heavy atom. The highest BCUT2D eigenvalue weighted by Crippen LogP contribution is 2.13. The van der Waals surface area contributed by atoms with E-state index in [0.29, 0.717) is 5.88 Å². The number of rotatable bonds is 7. The molecule has 0 aromatic carbocycles. The zero-order chi connectivity index (χ0) is 13.5. The fourth-order valence-electron chi connectivity index (χ4n) is 1.70. The summed E-state index contributed by atoms with van der Waals surface area (Å²) in [5.74, 6) is 3.54. The second kappa shape index (κ2) is 7.21. The first-order chi connectivity index (χ1) is 9.31. The van der Waals surface area contributed by atoms with E-state index in [-0.39, 0.29) is 0 Å². The summed E-state index contributed by atoms with van der Waals surface area (Å²) in [6.07, 6.45) is 3.88. The lowest BCUT2D eigenvalue weighted by Crippen LogP contribution is -2.12. The van der Waals surface area contributed by atoms with Gasteiger partial charge in [-0.3, -0.25) is 0 Å². The van der Waals surface area contributed by atoms with Gasteiger partial charge in [-0.1, -0.05) is 6.07 Å².